The Labute approximate surface area is 229 Å². The van der Waals surface area contributed by atoms with Gasteiger partial charge in [-0.05, 0) is 51.1 Å². The van der Waals surface area contributed by atoms with Gasteiger partial charge in [0.15, 0.2) is 11.6 Å². The predicted molar refractivity (Wildman–Crippen MR) is 152 cm³/mol. The fourth-order valence-corrected chi connectivity index (χ4v) is 4.92. The minimum absolute atomic E-state index is 0.00954. The maximum atomic E-state index is 14.9. The number of fused-ring (bicyclic) bond motifs is 1. The minimum Gasteiger partial charge on any atom is -0.326 e. The first kappa shape index (κ1) is 28.5. The van der Waals surface area contributed by atoms with Gasteiger partial charge in [0.1, 0.15) is 22.9 Å². The number of aryl methyl sites for hydroxylation is 1. The van der Waals surface area contributed by atoms with Gasteiger partial charge in [-0.2, -0.15) is 0 Å². The molecule has 5 rings (SSSR count). The largest absolute Gasteiger partial charge is 0.326 e. The van der Waals surface area contributed by atoms with Crippen LogP contribution in [0.3, 0.4) is 0 Å². The summed E-state index contributed by atoms with van der Waals surface area (Å²) < 4.78 is 31.7. The summed E-state index contributed by atoms with van der Waals surface area (Å²) in [4.78, 5) is 22.1. The molecule has 39 heavy (non-hydrogen) atoms. The average Bonchev–Trinajstić information content (AvgIpc) is 3.29. The van der Waals surface area contributed by atoms with E-state index in [-0.39, 0.29) is 23.2 Å². The zero-order valence-electron chi connectivity index (χ0n) is 23.7. The fraction of sp³-hybridized carbons (Fsp3) is 0.448. The summed E-state index contributed by atoms with van der Waals surface area (Å²) in [5.74, 6) is 0.275. The Morgan fingerprint density at radius 1 is 0.923 bits per heavy atom. The highest BCUT2D eigenvalue weighted by atomic mass is 19.1. The number of hydrogen-bond acceptors (Lipinski definition) is 7. The molecule has 0 atom stereocenters. The van der Waals surface area contributed by atoms with Gasteiger partial charge in [0.2, 0.25) is 5.95 Å². The van der Waals surface area contributed by atoms with Gasteiger partial charge < -0.3 is 14.8 Å². The second-order valence-corrected chi connectivity index (χ2v) is 9.73. The summed E-state index contributed by atoms with van der Waals surface area (Å²) in [5.41, 5.74) is 2.32. The summed E-state index contributed by atoms with van der Waals surface area (Å²) in [6.45, 7) is 18.2. The summed E-state index contributed by atoms with van der Waals surface area (Å²) in [6, 6.07) is 6.94. The van der Waals surface area contributed by atoms with Crippen molar-refractivity contribution in [3.8, 4) is 11.3 Å². The van der Waals surface area contributed by atoms with Crippen LogP contribution in [-0.4, -0.2) is 67.0 Å². The summed E-state index contributed by atoms with van der Waals surface area (Å²) in [5, 5.41) is 3.04. The molecular weight excluding hydrogens is 498 g/mol. The number of rotatable bonds is 7. The van der Waals surface area contributed by atoms with Crippen molar-refractivity contribution in [2.75, 3.05) is 38.0 Å². The Bertz CT molecular complexity index is 1390. The van der Waals surface area contributed by atoms with Crippen molar-refractivity contribution in [1.82, 2.24) is 34.3 Å². The van der Waals surface area contributed by atoms with E-state index in [0.717, 1.165) is 51.0 Å². The number of nitrogens with zero attached hydrogens (tertiary/aromatic N) is 7. The number of piperazine rings is 1. The SMILES string of the molecule is CC.CCN1CCN(Cc2ccc(Nc3ncc(F)c(-c4cc(F)c5nc(C)n(C(C)C)c5c4)n3)nc2)CC1. The van der Waals surface area contributed by atoms with Gasteiger partial charge in [0, 0.05) is 50.5 Å². The third-order valence-electron chi connectivity index (χ3n) is 6.84. The monoisotopic (exact) mass is 536 g/mol. The van der Waals surface area contributed by atoms with Crippen molar-refractivity contribution in [3.05, 3.63) is 59.7 Å². The normalized spacial score (nSPS) is 14.5. The van der Waals surface area contributed by atoms with Crippen LogP contribution in [-0.2, 0) is 6.54 Å². The Morgan fingerprint density at radius 2 is 1.64 bits per heavy atom. The molecule has 0 radical (unpaired) electrons. The number of benzene rings is 1. The number of imidazole rings is 1. The highest BCUT2D eigenvalue weighted by Crippen LogP contribution is 2.30. The van der Waals surface area contributed by atoms with E-state index in [1.54, 1.807) is 6.07 Å². The molecule has 1 saturated heterocycles. The Hall–Kier alpha value is -3.50. The molecule has 0 aliphatic carbocycles. The number of hydrogen-bond donors (Lipinski definition) is 1. The van der Waals surface area contributed by atoms with Crippen LogP contribution in [0, 0.1) is 18.6 Å². The number of halogens is 2. The van der Waals surface area contributed by atoms with Crippen LogP contribution >= 0.6 is 0 Å². The topological polar surface area (TPSA) is 75.0 Å². The van der Waals surface area contributed by atoms with Gasteiger partial charge >= 0.3 is 0 Å². The van der Waals surface area contributed by atoms with Crippen molar-refractivity contribution in [1.29, 1.82) is 0 Å². The van der Waals surface area contributed by atoms with Crippen LogP contribution in [0.4, 0.5) is 20.5 Å². The zero-order chi connectivity index (χ0) is 28.1. The molecule has 1 aliphatic rings. The van der Waals surface area contributed by atoms with Crippen molar-refractivity contribution in [3.63, 3.8) is 0 Å². The average molecular weight is 537 g/mol. The molecule has 0 unspecified atom stereocenters. The third kappa shape index (κ3) is 6.39. The minimum atomic E-state index is -0.636. The molecule has 0 spiro atoms. The molecule has 1 aromatic carbocycles. The van der Waals surface area contributed by atoms with Gasteiger partial charge in [-0.15, -0.1) is 0 Å². The first-order chi connectivity index (χ1) is 18.8. The third-order valence-corrected chi connectivity index (χ3v) is 6.84. The maximum absolute atomic E-state index is 14.9. The molecule has 0 bridgehead atoms. The Balaban J connectivity index is 0.00000172. The lowest BCUT2D eigenvalue weighted by atomic mass is 10.1. The van der Waals surface area contributed by atoms with E-state index in [9.17, 15) is 8.78 Å². The van der Waals surface area contributed by atoms with E-state index < -0.39 is 11.6 Å². The van der Waals surface area contributed by atoms with Crippen molar-refractivity contribution in [2.24, 2.45) is 0 Å². The van der Waals surface area contributed by atoms with Gasteiger partial charge in [-0.3, -0.25) is 4.90 Å². The zero-order valence-corrected chi connectivity index (χ0v) is 23.7. The van der Waals surface area contributed by atoms with Crippen LogP contribution in [0.2, 0.25) is 0 Å². The molecule has 208 valence electrons. The van der Waals surface area contributed by atoms with Crippen molar-refractivity contribution < 1.29 is 8.78 Å². The van der Waals surface area contributed by atoms with Crippen LogP contribution in [0.1, 0.15) is 52.0 Å². The predicted octanol–water partition coefficient (Wildman–Crippen LogP) is 5.96. The number of likely N-dealkylation sites (N-methyl/N-ethyl adjacent to an activating group) is 1. The van der Waals surface area contributed by atoms with E-state index >= 15 is 0 Å². The van der Waals surface area contributed by atoms with E-state index in [1.165, 1.54) is 6.07 Å². The molecule has 3 aromatic heterocycles. The van der Waals surface area contributed by atoms with E-state index in [4.69, 9.17) is 0 Å². The maximum Gasteiger partial charge on any atom is 0.229 e. The molecular formula is C29H38F2N8. The molecule has 10 heteroatoms. The molecule has 4 aromatic rings. The van der Waals surface area contributed by atoms with Crippen LogP contribution < -0.4 is 5.32 Å². The van der Waals surface area contributed by atoms with E-state index in [1.807, 2.05) is 57.5 Å². The van der Waals surface area contributed by atoms with Gasteiger partial charge in [0.25, 0.3) is 0 Å². The van der Waals surface area contributed by atoms with Gasteiger partial charge in [0.05, 0.1) is 11.7 Å². The molecule has 4 heterocycles. The molecule has 1 fully saturated rings. The highest BCUT2D eigenvalue weighted by molar-refractivity contribution is 5.83. The molecule has 8 nitrogen and oxygen atoms in total. The lowest BCUT2D eigenvalue weighted by Crippen LogP contribution is -2.45. The Morgan fingerprint density at radius 3 is 2.28 bits per heavy atom. The number of nitrogens with one attached hydrogen (secondary N) is 1. The summed E-state index contributed by atoms with van der Waals surface area (Å²) >= 11 is 0. The van der Waals surface area contributed by atoms with Gasteiger partial charge in [-0.1, -0.05) is 26.8 Å². The smallest absolute Gasteiger partial charge is 0.229 e. The van der Waals surface area contributed by atoms with Crippen molar-refractivity contribution in [2.45, 2.75) is 54.1 Å². The summed E-state index contributed by atoms with van der Waals surface area (Å²) in [7, 11) is 0. The molecule has 1 aliphatic heterocycles. The number of anilines is 2. The lowest BCUT2D eigenvalue weighted by Gasteiger charge is -2.33. The Kier molecular flexibility index (Phi) is 9.19. The molecule has 0 amide bonds. The quantitative estimate of drug-likeness (QED) is 0.312. The van der Waals surface area contributed by atoms with Gasteiger partial charge in [-0.25, -0.2) is 28.7 Å². The number of aromatic nitrogens is 5. The van der Waals surface area contributed by atoms with Crippen LogP contribution in [0.5, 0.6) is 0 Å². The highest BCUT2D eigenvalue weighted by Gasteiger charge is 2.19. The van der Waals surface area contributed by atoms with Crippen molar-refractivity contribution >= 4 is 22.8 Å². The standard InChI is InChI=1S/C27H32F2N8.C2H6/c1-5-35-8-10-36(11-9-35)16-19-6-7-24(30-14-19)33-27-31-15-22(29)25(34-27)20-12-21(28)26-23(13-20)37(17(2)3)18(4)32-26;1-2/h6-7,12-15,17H,5,8-11,16H2,1-4H3,(H,30,31,33,34);1-2H3. The first-order valence-electron chi connectivity index (χ1n) is 13.7. The van der Waals surface area contributed by atoms with Crippen LogP contribution in [0.15, 0.2) is 36.7 Å². The van der Waals surface area contributed by atoms with E-state index in [0.29, 0.717) is 22.7 Å². The molecule has 0 saturated carbocycles. The molecule has 1 N–H and O–H groups in total. The second kappa shape index (κ2) is 12.6. The van der Waals surface area contributed by atoms with Crippen LogP contribution in [0.25, 0.3) is 22.3 Å². The lowest BCUT2D eigenvalue weighted by molar-refractivity contribution is 0.132. The first-order valence-corrected chi connectivity index (χ1v) is 13.7. The fourth-order valence-electron chi connectivity index (χ4n) is 4.92. The summed E-state index contributed by atoms with van der Waals surface area (Å²) in [6.07, 6.45) is 2.92. The van der Waals surface area contributed by atoms with E-state index in [2.05, 4.69) is 42.0 Å². The second-order valence-electron chi connectivity index (χ2n) is 9.73. The number of pyridine rings is 1.